The van der Waals surface area contributed by atoms with E-state index in [1.165, 1.54) is 12.3 Å². The van der Waals surface area contributed by atoms with Crippen LogP contribution in [0, 0.1) is 0 Å². The molecule has 2 aromatic carbocycles. The third kappa shape index (κ3) is 4.51. The number of aromatic nitrogens is 1. The number of nitrogens with one attached hydrogen (secondary N) is 2. The van der Waals surface area contributed by atoms with E-state index in [1.807, 2.05) is 31.2 Å². The summed E-state index contributed by atoms with van der Waals surface area (Å²) in [6.07, 6.45) is 2.24. The molecular weight excluding hydrogens is 362 g/mol. The van der Waals surface area contributed by atoms with Gasteiger partial charge in [-0.25, -0.2) is 0 Å². The van der Waals surface area contributed by atoms with E-state index in [0.29, 0.717) is 16.3 Å². The molecule has 0 aliphatic heterocycles. The van der Waals surface area contributed by atoms with Crippen LogP contribution in [0.15, 0.2) is 66.9 Å². The van der Waals surface area contributed by atoms with Gasteiger partial charge in [0, 0.05) is 17.4 Å². The molecule has 0 fully saturated rings. The van der Waals surface area contributed by atoms with E-state index in [0.717, 1.165) is 17.7 Å². The lowest BCUT2D eigenvalue weighted by molar-refractivity contribution is 0.102. The molecule has 2 N–H and O–H groups in total. The lowest BCUT2D eigenvalue weighted by atomic mass is 10.1. The van der Waals surface area contributed by atoms with Crippen LogP contribution in [0.1, 0.15) is 33.3 Å². The van der Waals surface area contributed by atoms with Gasteiger partial charge in [-0.3, -0.25) is 14.6 Å². The number of aryl methyl sites for hydroxylation is 1. The van der Waals surface area contributed by atoms with Crippen molar-refractivity contribution < 1.29 is 9.59 Å². The highest BCUT2D eigenvalue weighted by molar-refractivity contribution is 6.33. The second-order valence-corrected chi connectivity index (χ2v) is 6.24. The van der Waals surface area contributed by atoms with Gasteiger partial charge < -0.3 is 10.6 Å². The topological polar surface area (TPSA) is 71.1 Å². The highest BCUT2D eigenvalue weighted by Crippen LogP contribution is 2.21. The molecule has 5 nitrogen and oxygen atoms in total. The number of rotatable bonds is 5. The van der Waals surface area contributed by atoms with Gasteiger partial charge in [-0.2, -0.15) is 0 Å². The number of para-hydroxylation sites is 2. The fraction of sp³-hybridized carbons (Fsp3) is 0.0952. The molecule has 0 saturated heterocycles. The van der Waals surface area contributed by atoms with Crippen molar-refractivity contribution in [2.45, 2.75) is 13.3 Å². The van der Waals surface area contributed by atoms with E-state index in [4.69, 9.17) is 11.6 Å². The van der Waals surface area contributed by atoms with Crippen LogP contribution in [0.3, 0.4) is 0 Å². The SMILES string of the molecule is CCc1ccccc1NC(=O)c1ccnc(C(=O)Nc2ccccc2Cl)c1. The quantitative estimate of drug-likeness (QED) is 0.668. The van der Waals surface area contributed by atoms with E-state index in [-0.39, 0.29) is 11.6 Å². The second kappa shape index (κ2) is 8.47. The van der Waals surface area contributed by atoms with Crippen LogP contribution in [-0.2, 0) is 6.42 Å². The van der Waals surface area contributed by atoms with E-state index in [9.17, 15) is 9.59 Å². The van der Waals surface area contributed by atoms with Crippen molar-refractivity contribution in [3.8, 4) is 0 Å². The predicted molar refractivity (Wildman–Crippen MR) is 107 cm³/mol. The Kier molecular flexibility index (Phi) is 5.84. The van der Waals surface area contributed by atoms with Gasteiger partial charge in [-0.1, -0.05) is 48.9 Å². The average molecular weight is 380 g/mol. The van der Waals surface area contributed by atoms with Crippen molar-refractivity contribution in [2.24, 2.45) is 0 Å². The Morgan fingerprint density at radius 2 is 1.59 bits per heavy atom. The average Bonchev–Trinajstić information content (AvgIpc) is 2.70. The third-order valence-corrected chi connectivity index (χ3v) is 4.35. The number of carbonyl (C=O) groups is 2. The molecule has 1 heterocycles. The lowest BCUT2D eigenvalue weighted by Gasteiger charge is -2.10. The first kappa shape index (κ1) is 18.6. The third-order valence-electron chi connectivity index (χ3n) is 4.02. The van der Waals surface area contributed by atoms with Gasteiger partial charge in [-0.05, 0) is 42.3 Å². The Morgan fingerprint density at radius 1 is 0.926 bits per heavy atom. The lowest BCUT2D eigenvalue weighted by Crippen LogP contribution is -2.17. The summed E-state index contributed by atoms with van der Waals surface area (Å²) < 4.78 is 0. The maximum atomic E-state index is 12.6. The molecule has 27 heavy (non-hydrogen) atoms. The molecule has 0 aliphatic rings. The van der Waals surface area contributed by atoms with Gasteiger partial charge in [0.15, 0.2) is 0 Å². The molecule has 3 rings (SSSR count). The Bertz CT molecular complexity index is 988. The van der Waals surface area contributed by atoms with Crippen LogP contribution in [0.2, 0.25) is 5.02 Å². The summed E-state index contributed by atoms with van der Waals surface area (Å²) in [7, 11) is 0. The van der Waals surface area contributed by atoms with Crippen molar-refractivity contribution in [1.82, 2.24) is 4.98 Å². The molecule has 0 atom stereocenters. The number of hydrogen-bond acceptors (Lipinski definition) is 3. The van der Waals surface area contributed by atoms with E-state index < -0.39 is 5.91 Å². The summed E-state index contributed by atoms with van der Waals surface area (Å²) >= 11 is 6.06. The summed E-state index contributed by atoms with van der Waals surface area (Å²) in [5.74, 6) is -0.739. The van der Waals surface area contributed by atoms with Gasteiger partial charge >= 0.3 is 0 Å². The summed E-state index contributed by atoms with van der Waals surface area (Å²) in [4.78, 5) is 29.1. The first-order valence-electron chi connectivity index (χ1n) is 8.49. The zero-order valence-corrected chi connectivity index (χ0v) is 15.5. The Labute approximate surface area is 162 Å². The molecule has 2 amide bonds. The van der Waals surface area contributed by atoms with Crippen LogP contribution >= 0.6 is 11.6 Å². The van der Waals surface area contributed by atoms with Gasteiger partial charge in [0.1, 0.15) is 5.69 Å². The van der Waals surface area contributed by atoms with E-state index in [1.54, 1.807) is 30.3 Å². The minimum atomic E-state index is -0.438. The number of carbonyl (C=O) groups excluding carboxylic acids is 2. The number of amides is 2. The zero-order chi connectivity index (χ0) is 19.2. The number of hydrogen-bond donors (Lipinski definition) is 2. The standard InChI is InChI=1S/C21H18ClN3O2/c1-2-14-7-3-5-9-17(14)24-20(26)15-11-12-23-19(13-15)21(27)25-18-10-6-4-8-16(18)22/h3-13H,2H2,1H3,(H,24,26)(H,25,27). The van der Waals surface area contributed by atoms with Crippen molar-refractivity contribution in [3.63, 3.8) is 0 Å². The number of benzene rings is 2. The zero-order valence-electron chi connectivity index (χ0n) is 14.7. The first-order valence-corrected chi connectivity index (χ1v) is 8.87. The van der Waals surface area contributed by atoms with Crippen LogP contribution < -0.4 is 10.6 Å². The summed E-state index contributed by atoms with van der Waals surface area (Å²) in [5.41, 5.74) is 2.75. The van der Waals surface area contributed by atoms with Gasteiger partial charge in [-0.15, -0.1) is 0 Å². The maximum Gasteiger partial charge on any atom is 0.274 e. The maximum absolute atomic E-state index is 12.6. The van der Waals surface area contributed by atoms with Crippen LogP contribution in [0.4, 0.5) is 11.4 Å². The molecule has 3 aromatic rings. The number of pyridine rings is 1. The molecule has 1 aromatic heterocycles. The van der Waals surface area contributed by atoms with Crippen LogP contribution in [-0.4, -0.2) is 16.8 Å². The number of nitrogens with zero attached hydrogens (tertiary/aromatic N) is 1. The molecule has 0 bridgehead atoms. The molecule has 136 valence electrons. The minimum absolute atomic E-state index is 0.131. The Balaban J connectivity index is 1.77. The summed E-state index contributed by atoms with van der Waals surface area (Å²) in [6.45, 7) is 2.02. The monoisotopic (exact) mass is 379 g/mol. The number of anilines is 2. The van der Waals surface area contributed by atoms with Gasteiger partial charge in [0.2, 0.25) is 0 Å². The summed E-state index contributed by atoms with van der Waals surface area (Å²) in [5, 5.41) is 6.01. The molecule has 0 unspecified atom stereocenters. The fourth-order valence-corrected chi connectivity index (χ4v) is 2.77. The Morgan fingerprint density at radius 3 is 2.33 bits per heavy atom. The molecule has 0 spiro atoms. The van der Waals surface area contributed by atoms with Crippen molar-refractivity contribution >= 4 is 34.8 Å². The molecule has 0 saturated carbocycles. The minimum Gasteiger partial charge on any atom is -0.322 e. The van der Waals surface area contributed by atoms with Gasteiger partial charge in [0.25, 0.3) is 11.8 Å². The fourth-order valence-electron chi connectivity index (χ4n) is 2.59. The van der Waals surface area contributed by atoms with Crippen LogP contribution in [0.25, 0.3) is 0 Å². The Hall–Kier alpha value is -3.18. The van der Waals surface area contributed by atoms with E-state index >= 15 is 0 Å². The smallest absolute Gasteiger partial charge is 0.274 e. The molecule has 0 radical (unpaired) electrons. The largest absolute Gasteiger partial charge is 0.322 e. The first-order chi connectivity index (χ1) is 13.1. The summed E-state index contributed by atoms with van der Waals surface area (Å²) in [6, 6.07) is 17.5. The predicted octanol–water partition coefficient (Wildman–Crippen LogP) is 4.80. The highest BCUT2D eigenvalue weighted by Gasteiger charge is 2.14. The van der Waals surface area contributed by atoms with Crippen molar-refractivity contribution in [2.75, 3.05) is 10.6 Å². The van der Waals surface area contributed by atoms with Crippen molar-refractivity contribution in [1.29, 1.82) is 0 Å². The highest BCUT2D eigenvalue weighted by atomic mass is 35.5. The normalized spacial score (nSPS) is 10.3. The number of halogens is 1. The van der Waals surface area contributed by atoms with Crippen LogP contribution in [0.5, 0.6) is 0 Å². The molecule has 0 aliphatic carbocycles. The molecule has 6 heteroatoms. The molecular formula is C21H18ClN3O2. The van der Waals surface area contributed by atoms with E-state index in [2.05, 4.69) is 15.6 Å². The van der Waals surface area contributed by atoms with Crippen molar-refractivity contribution in [3.05, 3.63) is 88.7 Å². The second-order valence-electron chi connectivity index (χ2n) is 5.83. The van der Waals surface area contributed by atoms with Gasteiger partial charge in [0.05, 0.1) is 10.7 Å².